The smallest absolute Gasteiger partial charge is 0.141 e. The zero-order chi connectivity index (χ0) is 9.00. The third kappa shape index (κ3) is 0.951. The van der Waals surface area contributed by atoms with Crippen LogP contribution in [-0.4, -0.2) is 5.78 Å². The van der Waals surface area contributed by atoms with E-state index in [4.69, 9.17) is 0 Å². The summed E-state index contributed by atoms with van der Waals surface area (Å²) in [7, 11) is 0. The maximum atomic E-state index is 11.5. The number of Topliss-reactive ketones (excluding diaryl/α,β-unsaturated/α-hetero) is 1. The number of ketones is 1. The summed E-state index contributed by atoms with van der Waals surface area (Å²) >= 11 is 2.34. The van der Waals surface area contributed by atoms with Crippen molar-refractivity contribution < 1.29 is 4.79 Å². The molecular formula is C11H9IO. The lowest BCUT2D eigenvalue weighted by molar-refractivity contribution is -0.118. The molecule has 66 valence electrons. The van der Waals surface area contributed by atoms with Gasteiger partial charge in [0, 0.05) is 15.9 Å². The summed E-state index contributed by atoms with van der Waals surface area (Å²) in [6, 6.07) is 6.40. The van der Waals surface area contributed by atoms with Gasteiger partial charge in [-0.1, -0.05) is 12.1 Å². The van der Waals surface area contributed by atoms with Crippen LogP contribution in [0.2, 0.25) is 0 Å². The number of hydrogen-bond acceptors (Lipinski definition) is 1. The van der Waals surface area contributed by atoms with Crippen LogP contribution in [0.5, 0.6) is 0 Å². The Morgan fingerprint density at radius 3 is 3.08 bits per heavy atom. The molecule has 2 heteroatoms. The number of carbonyl (C=O) groups excluding carboxylic acids is 1. The van der Waals surface area contributed by atoms with E-state index in [2.05, 4.69) is 40.8 Å². The molecule has 13 heavy (non-hydrogen) atoms. The van der Waals surface area contributed by atoms with Crippen LogP contribution < -0.4 is 0 Å². The average Bonchev–Trinajstić information content (AvgIpc) is 2.62. The second kappa shape index (κ2) is 2.56. The molecule has 2 atom stereocenters. The van der Waals surface area contributed by atoms with E-state index < -0.39 is 0 Å². The first kappa shape index (κ1) is 7.97. The lowest BCUT2D eigenvalue weighted by Crippen LogP contribution is -2.10. The van der Waals surface area contributed by atoms with Gasteiger partial charge in [0.05, 0.1) is 0 Å². The summed E-state index contributed by atoms with van der Waals surface area (Å²) in [6.07, 6.45) is 1.87. The van der Waals surface area contributed by atoms with E-state index in [0.29, 0.717) is 11.7 Å². The predicted molar refractivity (Wildman–Crippen MR) is 58.9 cm³/mol. The van der Waals surface area contributed by atoms with Gasteiger partial charge in [-0.15, -0.1) is 0 Å². The van der Waals surface area contributed by atoms with E-state index in [1.165, 1.54) is 14.7 Å². The summed E-state index contributed by atoms with van der Waals surface area (Å²) < 4.78 is 1.27. The highest BCUT2D eigenvalue weighted by Gasteiger charge is 2.43. The second-order valence-corrected chi connectivity index (χ2v) is 5.06. The van der Waals surface area contributed by atoms with Gasteiger partial charge in [0.2, 0.25) is 0 Å². The SMILES string of the molecule is O=C1C[C@H]2C[C@H]1c1c(I)cccc12. The van der Waals surface area contributed by atoms with E-state index in [9.17, 15) is 4.79 Å². The van der Waals surface area contributed by atoms with Crippen molar-refractivity contribution in [1.82, 2.24) is 0 Å². The van der Waals surface area contributed by atoms with E-state index in [1.807, 2.05) is 0 Å². The van der Waals surface area contributed by atoms with Gasteiger partial charge in [-0.05, 0) is 52.1 Å². The third-order valence-electron chi connectivity index (χ3n) is 3.23. The molecule has 2 aliphatic carbocycles. The Morgan fingerprint density at radius 2 is 2.23 bits per heavy atom. The molecule has 1 fully saturated rings. The van der Waals surface area contributed by atoms with Gasteiger partial charge in [0.1, 0.15) is 5.78 Å². The van der Waals surface area contributed by atoms with Crippen LogP contribution >= 0.6 is 22.6 Å². The summed E-state index contributed by atoms with van der Waals surface area (Å²) in [6.45, 7) is 0. The number of hydrogen-bond donors (Lipinski definition) is 0. The summed E-state index contributed by atoms with van der Waals surface area (Å²) in [5.41, 5.74) is 2.78. The van der Waals surface area contributed by atoms with Crippen molar-refractivity contribution in [2.24, 2.45) is 0 Å². The van der Waals surface area contributed by atoms with Crippen molar-refractivity contribution in [2.75, 3.05) is 0 Å². The normalized spacial score (nSPS) is 29.5. The Labute approximate surface area is 90.7 Å². The molecule has 1 nitrogen and oxygen atoms in total. The molecule has 3 rings (SSSR count). The molecule has 1 aromatic carbocycles. The average molecular weight is 284 g/mol. The van der Waals surface area contributed by atoms with Gasteiger partial charge in [0.25, 0.3) is 0 Å². The minimum absolute atomic E-state index is 0.244. The maximum absolute atomic E-state index is 11.5. The van der Waals surface area contributed by atoms with Crippen LogP contribution in [0, 0.1) is 3.57 Å². The van der Waals surface area contributed by atoms with Crippen LogP contribution in [0.1, 0.15) is 35.8 Å². The molecule has 2 aliphatic rings. The summed E-state index contributed by atoms with van der Waals surface area (Å²) in [5, 5.41) is 0. The van der Waals surface area contributed by atoms with Crippen molar-refractivity contribution in [3.63, 3.8) is 0 Å². The predicted octanol–water partition coefficient (Wildman–Crippen LogP) is 2.83. The number of halogens is 1. The van der Waals surface area contributed by atoms with Crippen molar-refractivity contribution in [2.45, 2.75) is 24.7 Å². The monoisotopic (exact) mass is 284 g/mol. The Kier molecular flexibility index (Phi) is 1.57. The highest BCUT2D eigenvalue weighted by atomic mass is 127. The molecule has 0 amide bonds. The fourth-order valence-electron chi connectivity index (χ4n) is 2.68. The van der Waals surface area contributed by atoms with Crippen molar-refractivity contribution in [1.29, 1.82) is 0 Å². The Bertz CT molecular complexity index is 397. The third-order valence-corrected chi connectivity index (χ3v) is 4.17. The summed E-state index contributed by atoms with van der Waals surface area (Å²) in [5.74, 6) is 1.25. The Morgan fingerprint density at radius 1 is 1.38 bits per heavy atom. The van der Waals surface area contributed by atoms with E-state index >= 15 is 0 Å². The molecule has 2 bridgehead atoms. The Balaban J connectivity index is 2.27. The minimum atomic E-state index is 0.244. The standard InChI is InChI=1S/C11H9IO/c12-9-3-1-2-7-6-4-8(11(7)9)10(13)5-6/h1-3,6,8H,4-5H2/t6-,8-/m1/s1. The van der Waals surface area contributed by atoms with Gasteiger partial charge >= 0.3 is 0 Å². The molecule has 0 spiro atoms. The topological polar surface area (TPSA) is 17.1 Å². The van der Waals surface area contributed by atoms with Crippen LogP contribution in [0.3, 0.4) is 0 Å². The molecule has 1 saturated carbocycles. The molecule has 0 aromatic heterocycles. The van der Waals surface area contributed by atoms with Crippen LogP contribution in [-0.2, 0) is 4.79 Å². The molecule has 0 heterocycles. The molecular weight excluding hydrogens is 275 g/mol. The second-order valence-electron chi connectivity index (χ2n) is 3.90. The van der Waals surface area contributed by atoms with Gasteiger partial charge in [-0.3, -0.25) is 4.79 Å². The summed E-state index contributed by atoms with van der Waals surface area (Å²) in [4.78, 5) is 11.5. The molecule has 0 radical (unpaired) electrons. The Hall–Kier alpha value is -0.380. The largest absolute Gasteiger partial charge is 0.299 e. The lowest BCUT2D eigenvalue weighted by atomic mass is 9.91. The number of carbonyl (C=O) groups is 1. The van der Waals surface area contributed by atoms with Gasteiger partial charge in [-0.2, -0.15) is 0 Å². The molecule has 1 aromatic rings. The number of benzene rings is 1. The minimum Gasteiger partial charge on any atom is -0.299 e. The van der Waals surface area contributed by atoms with E-state index in [-0.39, 0.29) is 5.92 Å². The van der Waals surface area contributed by atoms with Crippen LogP contribution in [0.15, 0.2) is 18.2 Å². The molecule has 0 unspecified atom stereocenters. The van der Waals surface area contributed by atoms with E-state index in [1.54, 1.807) is 0 Å². The zero-order valence-corrected chi connectivity index (χ0v) is 9.24. The molecule has 0 saturated heterocycles. The number of rotatable bonds is 0. The first-order chi connectivity index (χ1) is 6.27. The lowest BCUT2D eigenvalue weighted by Gasteiger charge is -2.15. The van der Waals surface area contributed by atoms with Crippen molar-refractivity contribution in [3.05, 3.63) is 32.9 Å². The highest BCUT2D eigenvalue weighted by molar-refractivity contribution is 14.1. The molecule has 0 aliphatic heterocycles. The van der Waals surface area contributed by atoms with Gasteiger partial charge in [0.15, 0.2) is 0 Å². The van der Waals surface area contributed by atoms with Crippen LogP contribution in [0.25, 0.3) is 0 Å². The fourth-order valence-corrected chi connectivity index (χ4v) is 3.57. The van der Waals surface area contributed by atoms with Crippen LogP contribution in [0.4, 0.5) is 0 Å². The fraction of sp³-hybridized carbons (Fsp3) is 0.364. The first-order valence-corrected chi connectivity index (χ1v) is 5.66. The van der Waals surface area contributed by atoms with Gasteiger partial charge < -0.3 is 0 Å². The van der Waals surface area contributed by atoms with Crippen molar-refractivity contribution in [3.8, 4) is 0 Å². The highest BCUT2D eigenvalue weighted by Crippen LogP contribution is 2.52. The van der Waals surface area contributed by atoms with Gasteiger partial charge in [-0.25, -0.2) is 0 Å². The first-order valence-electron chi connectivity index (χ1n) is 4.58. The number of fused-ring (bicyclic) bond motifs is 5. The maximum Gasteiger partial charge on any atom is 0.141 e. The van der Waals surface area contributed by atoms with E-state index in [0.717, 1.165) is 12.8 Å². The quantitative estimate of drug-likeness (QED) is 0.669. The zero-order valence-electron chi connectivity index (χ0n) is 7.09. The molecule has 0 N–H and O–H groups in total. The van der Waals surface area contributed by atoms with Crippen molar-refractivity contribution >= 4 is 28.4 Å².